The summed E-state index contributed by atoms with van der Waals surface area (Å²) < 4.78 is 18.5. The fraction of sp³-hybridized carbons (Fsp3) is 0.242. The Balaban J connectivity index is 1.80. The third-order valence-electron chi connectivity index (χ3n) is 7.02. The molecule has 0 saturated heterocycles. The van der Waals surface area contributed by atoms with Crippen LogP contribution >= 0.6 is 11.3 Å². The van der Waals surface area contributed by atoms with Crippen LogP contribution in [0.2, 0.25) is 0 Å². The van der Waals surface area contributed by atoms with Crippen LogP contribution in [0.3, 0.4) is 0 Å². The first-order valence-corrected chi connectivity index (χ1v) is 14.3. The lowest BCUT2D eigenvalue weighted by molar-refractivity contribution is -0.138. The van der Waals surface area contributed by atoms with Crippen LogP contribution in [0, 0.1) is 0 Å². The molecule has 0 N–H and O–H groups in total. The molecule has 0 unspecified atom stereocenters. The van der Waals surface area contributed by atoms with E-state index < -0.39 is 12.0 Å². The molecule has 0 saturated carbocycles. The van der Waals surface area contributed by atoms with Crippen LogP contribution in [0.4, 0.5) is 0 Å². The summed E-state index contributed by atoms with van der Waals surface area (Å²) in [5, 5.41) is 0. The molecule has 4 aromatic rings. The first-order valence-electron chi connectivity index (χ1n) is 13.5. The van der Waals surface area contributed by atoms with Gasteiger partial charge in [0.15, 0.2) is 4.80 Å². The molecule has 2 heterocycles. The topological polar surface area (TPSA) is 79.1 Å². The summed E-state index contributed by atoms with van der Waals surface area (Å²) in [6.07, 6.45) is 1.79. The van der Waals surface area contributed by atoms with Crippen LogP contribution < -0.4 is 24.4 Å². The third-order valence-corrected chi connectivity index (χ3v) is 8.00. The molecule has 1 atom stereocenters. The van der Waals surface area contributed by atoms with Crippen molar-refractivity contribution in [1.29, 1.82) is 0 Å². The van der Waals surface area contributed by atoms with E-state index in [-0.39, 0.29) is 12.2 Å². The average molecular weight is 569 g/mol. The van der Waals surface area contributed by atoms with Gasteiger partial charge in [0.2, 0.25) is 0 Å². The molecule has 0 aliphatic carbocycles. The number of esters is 1. The Morgan fingerprint density at radius 3 is 2.39 bits per heavy atom. The van der Waals surface area contributed by atoms with Gasteiger partial charge in [-0.15, -0.1) is 0 Å². The first kappa shape index (κ1) is 28.1. The second kappa shape index (κ2) is 12.0. The summed E-state index contributed by atoms with van der Waals surface area (Å²) in [4.78, 5) is 33.1. The van der Waals surface area contributed by atoms with Crippen LogP contribution in [-0.4, -0.2) is 31.4 Å². The molecule has 0 spiro atoms. The maximum Gasteiger partial charge on any atom is 0.338 e. The van der Waals surface area contributed by atoms with Crippen molar-refractivity contribution in [2.24, 2.45) is 4.99 Å². The fourth-order valence-electron chi connectivity index (χ4n) is 4.90. The quantitative estimate of drug-likeness (QED) is 0.277. The van der Waals surface area contributed by atoms with Crippen molar-refractivity contribution in [2.75, 3.05) is 20.8 Å². The Hall–Kier alpha value is -4.43. The number of aromatic nitrogens is 1. The molecule has 5 rings (SSSR count). The number of hydrogen-bond donors (Lipinski definition) is 0. The van der Waals surface area contributed by atoms with Crippen LogP contribution in [0.15, 0.2) is 88.2 Å². The maximum absolute atomic E-state index is 14.1. The molecule has 8 heteroatoms. The van der Waals surface area contributed by atoms with Gasteiger partial charge >= 0.3 is 5.97 Å². The van der Waals surface area contributed by atoms with E-state index in [2.05, 4.69) is 13.8 Å². The summed E-state index contributed by atoms with van der Waals surface area (Å²) in [5.74, 6) is 1.06. The summed E-state index contributed by atoms with van der Waals surface area (Å²) in [7, 11) is 3.16. The van der Waals surface area contributed by atoms with Crippen molar-refractivity contribution in [2.45, 2.75) is 32.7 Å². The number of fused-ring (bicyclic) bond motifs is 1. The lowest BCUT2D eigenvalue weighted by Gasteiger charge is -2.26. The highest BCUT2D eigenvalue weighted by atomic mass is 32.1. The molecule has 41 heavy (non-hydrogen) atoms. The Morgan fingerprint density at radius 1 is 1.02 bits per heavy atom. The average Bonchev–Trinajstić information content (AvgIpc) is 3.31. The minimum atomic E-state index is -0.721. The van der Waals surface area contributed by atoms with Gasteiger partial charge < -0.3 is 14.2 Å². The predicted octanol–water partition coefficient (Wildman–Crippen LogP) is 5.08. The minimum Gasteiger partial charge on any atom is -0.497 e. The molecular weight excluding hydrogens is 536 g/mol. The Labute approximate surface area is 242 Å². The summed E-state index contributed by atoms with van der Waals surface area (Å²) >= 11 is 1.27. The van der Waals surface area contributed by atoms with Crippen LogP contribution in [0.5, 0.6) is 11.5 Å². The van der Waals surface area contributed by atoms with Gasteiger partial charge in [-0.05, 0) is 42.2 Å². The monoisotopic (exact) mass is 568 g/mol. The van der Waals surface area contributed by atoms with Crippen molar-refractivity contribution in [1.82, 2.24) is 4.57 Å². The number of rotatable bonds is 8. The molecule has 1 aliphatic heterocycles. The van der Waals surface area contributed by atoms with Gasteiger partial charge in [0, 0.05) is 17.2 Å². The SMILES string of the molecule is CCOC(=O)C1=C(c2ccccc2)N=c2s/c(=C\c3ccc(OC)cc3OC)c(=O)n2[C@H]1c1ccc(C(C)C)cc1. The maximum atomic E-state index is 14.1. The molecule has 1 aliphatic rings. The van der Waals surface area contributed by atoms with E-state index in [1.54, 1.807) is 37.9 Å². The molecular formula is C33H32N2O5S. The van der Waals surface area contributed by atoms with E-state index in [1.165, 1.54) is 11.3 Å². The van der Waals surface area contributed by atoms with Crippen LogP contribution in [-0.2, 0) is 9.53 Å². The number of benzene rings is 3. The van der Waals surface area contributed by atoms with Crippen molar-refractivity contribution >= 4 is 29.1 Å². The van der Waals surface area contributed by atoms with E-state index in [4.69, 9.17) is 19.2 Å². The first-order chi connectivity index (χ1) is 19.9. The van der Waals surface area contributed by atoms with E-state index in [9.17, 15) is 9.59 Å². The lowest BCUT2D eigenvalue weighted by Crippen LogP contribution is -2.40. The van der Waals surface area contributed by atoms with E-state index in [0.717, 1.165) is 22.3 Å². The van der Waals surface area contributed by atoms with Crippen LogP contribution in [0.1, 0.15) is 55.0 Å². The molecule has 1 aromatic heterocycles. The molecule has 0 amide bonds. The highest BCUT2D eigenvalue weighted by Gasteiger charge is 2.35. The zero-order chi connectivity index (χ0) is 29.1. The zero-order valence-electron chi connectivity index (χ0n) is 23.7. The number of nitrogens with zero attached hydrogens (tertiary/aromatic N) is 2. The number of thiazole rings is 1. The zero-order valence-corrected chi connectivity index (χ0v) is 24.5. The van der Waals surface area contributed by atoms with Gasteiger partial charge in [-0.2, -0.15) is 0 Å². The van der Waals surface area contributed by atoms with Crippen molar-refractivity contribution in [3.8, 4) is 11.5 Å². The van der Waals surface area contributed by atoms with Gasteiger partial charge in [-0.25, -0.2) is 9.79 Å². The number of ether oxygens (including phenoxy) is 3. The van der Waals surface area contributed by atoms with E-state index >= 15 is 0 Å². The van der Waals surface area contributed by atoms with Gasteiger partial charge in [0.05, 0.1) is 42.7 Å². The standard InChI is InChI=1S/C33H32N2O5S/c1-6-40-32(37)28-29(22-10-8-7-9-11-22)34-33-35(30(28)23-14-12-21(13-15-23)20(2)3)31(36)27(41-33)18-24-16-17-25(38-4)19-26(24)39-5/h7-20,30H,6H2,1-5H3/b27-18-/t30-/m0/s1. The van der Waals surface area contributed by atoms with E-state index in [1.807, 2.05) is 66.7 Å². The second-order valence-corrected chi connectivity index (χ2v) is 10.9. The third kappa shape index (κ3) is 5.47. The lowest BCUT2D eigenvalue weighted by atomic mass is 9.91. The molecule has 0 bridgehead atoms. The predicted molar refractivity (Wildman–Crippen MR) is 161 cm³/mol. The van der Waals surface area contributed by atoms with E-state index in [0.29, 0.717) is 38.0 Å². The summed E-state index contributed by atoms with van der Waals surface area (Å²) in [6, 6.07) is 22.3. The normalized spacial score (nSPS) is 15.0. The molecule has 3 aromatic carbocycles. The molecule has 210 valence electrons. The van der Waals surface area contributed by atoms with Crippen molar-refractivity contribution in [3.63, 3.8) is 0 Å². The second-order valence-electron chi connectivity index (χ2n) is 9.86. The highest BCUT2D eigenvalue weighted by molar-refractivity contribution is 7.07. The van der Waals surface area contributed by atoms with Crippen molar-refractivity contribution in [3.05, 3.63) is 120 Å². The fourth-order valence-corrected chi connectivity index (χ4v) is 5.89. The smallest absolute Gasteiger partial charge is 0.338 e. The summed E-state index contributed by atoms with van der Waals surface area (Å²) in [6.45, 7) is 6.22. The Bertz CT molecular complexity index is 1780. The summed E-state index contributed by atoms with van der Waals surface area (Å²) in [5.41, 5.74) is 4.04. The number of carbonyl (C=O) groups excluding carboxylic acids is 1. The van der Waals surface area contributed by atoms with Gasteiger partial charge in [0.25, 0.3) is 5.56 Å². The Morgan fingerprint density at radius 2 is 1.76 bits per heavy atom. The Kier molecular flexibility index (Phi) is 8.21. The molecule has 7 nitrogen and oxygen atoms in total. The minimum absolute atomic E-state index is 0.199. The highest BCUT2D eigenvalue weighted by Crippen LogP contribution is 2.35. The van der Waals surface area contributed by atoms with Gasteiger partial charge in [0.1, 0.15) is 11.5 Å². The van der Waals surface area contributed by atoms with Gasteiger partial charge in [-0.3, -0.25) is 9.36 Å². The number of methoxy groups -OCH3 is 2. The largest absolute Gasteiger partial charge is 0.497 e. The molecule has 0 radical (unpaired) electrons. The molecule has 0 fully saturated rings. The number of carbonyl (C=O) groups is 1. The van der Waals surface area contributed by atoms with Gasteiger partial charge in [-0.1, -0.05) is 79.8 Å². The van der Waals surface area contributed by atoms with Crippen molar-refractivity contribution < 1.29 is 19.0 Å². The van der Waals surface area contributed by atoms with Crippen LogP contribution in [0.25, 0.3) is 11.8 Å². The number of hydrogen-bond acceptors (Lipinski definition) is 7.